The second-order valence-corrected chi connectivity index (χ2v) is 7.91. The number of halogens is 2. The van der Waals surface area contributed by atoms with Gasteiger partial charge in [0.1, 0.15) is 15.8 Å². The topological polar surface area (TPSA) is 61.3 Å². The third-order valence-corrected chi connectivity index (χ3v) is 5.47. The van der Waals surface area contributed by atoms with Gasteiger partial charge in [0.15, 0.2) is 11.4 Å². The molecule has 0 aliphatic carbocycles. The average Bonchev–Trinajstić information content (AvgIpc) is 2.78. The third kappa shape index (κ3) is 4.24. The molecular formula is C23H16ClIN2O3. The zero-order valence-electron chi connectivity index (χ0n) is 15.9. The molecule has 0 N–H and O–H groups in total. The van der Waals surface area contributed by atoms with Crippen molar-refractivity contribution in [3.05, 3.63) is 86.7 Å². The number of methoxy groups -OCH3 is 1. The Morgan fingerprint density at radius 3 is 2.57 bits per heavy atom. The number of rotatable bonds is 5. The first kappa shape index (κ1) is 20.6. The monoisotopic (exact) mass is 530 g/mol. The van der Waals surface area contributed by atoms with E-state index in [1.54, 1.807) is 0 Å². The van der Waals surface area contributed by atoms with Crippen molar-refractivity contribution in [2.24, 2.45) is 0 Å². The Labute approximate surface area is 192 Å². The number of hydrogen-bond donors (Lipinski definition) is 0. The molecule has 0 saturated heterocycles. The number of carbonyl (C=O) groups is 1. The molecule has 150 valence electrons. The van der Waals surface area contributed by atoms with Crippen LogP contribution in [0, 0.1) is 3.70 Å². The Hall–Kier alpha value is -2.71. The number of benzene rings is 2. The second-order valence-electron chi connectivity index (χ2n) is 6.45. The summed E-state index contributed by atoms with van der Waals surface area (Å²) in [6.45, 7) is 0.290. The summed E-state index contributed by atoms with van der Waals surface area (Å²) in [7, 11) is 1.32. The van der Waals surface area contributed by atoms with Crippen LogP contribution in [0.15, 0.2) is 66.7 Å². The van der Waals surface area contributed by atoms with E-state index in [9.17, 15) is 4.79 Å². The summed E-state index contributed by atoms with van der Waals surface area (Å²) >= 11 is 8.20. The van der Waals surface area contributed by atoms with Crippen molar-refractivity contribution < 1.29 is 14.3 Å². The summed E-state index contributed by atoms with van der Waals surface area (Å²) in [4.78, 5) is 21.6. The molecule has 2 aromatic carbocycles. The Bertz CT molecular complexity index is 1230. The van der Waals surface area contributed by atoms with Gasteiger partial charge in [-0.25, -0.2) is 14.8 Å². The number of hydrogen-bond acceptors (Lipinski definition) is 5. The van der Waals surface area contributed by atoms with E-state index in [1.807, 2.05) is 66.7 Å². The van der Waals surface area contributed by atoms with Crippen LogP contribution in [0.3, 0.4) is 0 Å². The van der Waals surface area contributed by atoms with E-state index < -0.39 is 5.97 Å². The van der Waals surface area contributed by atoms with E-state index in [0.29, 0.717) is 25.4 Å². The maximum Gasteiger partial charge on any atom is 0.360 e. The largest absolute Gasteiger partial charge is 0.486 e. The molecule has 2 aromatic heterocycles. The molecule has 4 aromatic rings. The first-order valence-electron chi connectivity index (χ1n) is 9.08. The van der Waals surface area contributed by atoms with E-state index in [1.165, 1.54) is 7.11 Å². The van der Waals surface area contributed by atoms with Gasteiger partial charge in [-0.05, 0) is 52.4 Å². The number of carbonyl (C=O) groups excluding carboxylic acids is 1. The molecule has 0 spiro atoms. The molecule has 4 rings (SSSR count). The molecule has 7 heteroatoms. The predicted molar refractivity (Wildman–Crippen MR) is 125 cm³/mol. The SMILES string of the molecule is COC(=O)c1nc(I)c2nc(-c3cccc(Cl)c3)ccc2c1OCc1ccccc1. The highest BCUT2D eigenvalue weighted by molar-refractivity contribution is 14.1. The molecule has 2 heterocycles. The zero-order chi connectivity index (χ0) is 21.1. The predicted octanol–water partition coefficient (Wildman–Crippen LogP) is 5.92. The molecule has 0 bridgehead atoms. The molecular weight excluding hydrogens is 515 g/mol. The number of ether oxygens (including phenoxy) is 2. The van der Waals surface area contributed by atoms with Crippen LogP contribution in [0.25, 0.3) is 22.2 Å². The van der Waals surface area contributed by atoms with Gasteiger partial charge >= 0.3 is 5.97 Å². The normalized spacial score (nSPS) is 10.8. The van der Waals surface area contributed by atoms with Crippen LogP contribution >= 0.6 is 34.2 Å². The first-order chi connectivity index (χ1) is 14.6. The van der Waals surface area contributed by atoms with Gasteiger partial charge in [0.25, 0.3) is 0 Å². The van der Waals surface area contributed by atoms with Crippen molar-refractivity contribution in [1.29, 1.82) is 0 Å². The van der Waals surface area contributed by atoms with Gasteiger partial charge < -0.3 is 9.47 Å². The van der Waals surface area contributed by atoms with E-state index in [2.05, 4.69) is 27.6 Å². The van der Waals surface area contributed by atoms with Crippen LogP contribution in [0.1, 0.15) is 16.1 Å². The summed E-state index contributed by atoms with van der Waals surface area (Å²) in [5.74, 6) is -0.206. The fourth-order valence-corrected chi connectivity index (χ4v) is 3.89. The van der Waals surface area contributed by atoms with Gasteiger partial charge in [-0.2, -0.15) is 0 Å². The summed E-state index contributed by atoms with van der Waals surface area (Å²) < 4.78 is 11.6. The van der Waals surface area contributed by atoms with Gasteiger partial charge in [0, 0.05) is 16.0 Å². The minimum absolute atomic E-state index is 0.127. The fourth-order valence-electron chi connectivity index (χ4n) is 3.05. The van der Waals surface area contributed by atoms with Crippen LogP contribution in [-0.4, -0.2) is 23.0 Å². The number of fused-ring (bicyclic) bond motifs is 1. The van der Waals surface area contributed by atoms with Crippen molar-refractivity contribution in [2.75, 3.05) is 7.11 Å². The van der Waals surface area contributed by atoms with E-state index in [-0.39, 0.29) is 12.3 Å². The minimum Gasteiger partial charge on any atom is -0.486 e. The van der Waals surface area contributed by atoms with Crippen LogP contribution in [0.4, 0.5) is 0 Å². The third-order valence-electron chi connectivity index (χ3n) is 4.49. The lowest BCUT2D eigenvalue weighted by molar-refractivity contribution is 0.0588. The standard InChI is InChI=1S/C23H16ClIN2O3/c1-29-23(28)20-21(30-13-14-6-3-2-4-7-14)17-10-11-18(26-19(17)22(25)27-20)15-8-5-9-16(24)12-15/h2-12H,13H2,1H3. The van der Waals surface area contributed by atoms with Gasteiger partial charge in [0.05, 0.1) is 12.8 Å². The molecule has 0 saturated carbocycles. The van der Waals surface area contributed by atoms with E-state index in [4.69, 9.17) is 26.1 Å². The Kier molecular flexibility index (Phi) is 6.15. The summed E-state index contributed by atoms with van der Waals surface area (Å²) in [5.41, 5.74) is 3.39. The molecule has 0 amide bonds. The Morgan fingerprint density at radius 1 is 1.03 bits per heavy atom. The molecule has 0 radical (unpaired) electrons. The second kappa shape index (κ2) is 8.97. The van der Waals surface area contributed by atoms with Gasteiger partial charge in [0.2, 0.25) is 0 Å². The molecule has 0 fully saturated rings. The lowest BCUT2D eigenvalue weighted by Crippen LogP contribution is -2.11. The highest BCUT2D eigenvalue weighted by atomic mass is 127. The molecule has 0 unspecified atom stereocenters. The quantitative estimate of drug-likeness (QED) is 0.182. The molecule has 0 aliphatic rings. The smallest absolute Gasteiger partial charge is 0.360 e. The van der Waals surface area contributed by atoms with Crippen LogP contribution in [0.5, 0.6) is 5.75 Å². The highest BCUT2D eigenvalue weighted by Gasteiger charge is 2.22. The lowest BCUT2D eigenvalue weighted by atomic mass is 10.1. The molecule has 30 heavy (non-hydrogen) atoms. The molecule has 0 atom stereocenters. The lowest BCUT2D eigenvalue weighted by Gasteiger charge is -2.14. The number of esters is 1. The number of nitrogens with zero attached hydrogens (tertiary/aromatic N) is 2. The molecule has 0 aliphatic heterocycles. The maximum absolute atomic E-state index is 12.4. The van der Waals surface area contributed by atoms with Crippen LogP contribution in [0.2, 0.25) is 5.02 Å². The Balaban J connectivity index is 1.83. The van der Waals surface area contributed by atoms with Crippen LogP contribution in [-0.2, 0) is 11.3 Å². The fraction of sp³-hybridized carbons (Fsp3) is 0.0870. The van der Waals surface area contributed by atoms with Crippen molar-refractivity contribution in [1.82, 2.24) is 9.97 Å². The average molecular weight is 531 g/mol. The minimum atomic E-state index is -0.559. The first-order valence-corrected chi connectivity index (χ1v) is 10.5. The van der Waals surface area contributed by atoms with Crippen molar-refractivity contribution in [3.63, 3.8) is 0 Å². The van der Waals surface area contributed by atoms with Gasteiger partial charge in [-0.1, -0.05) is 54.1 Å². The van der Waals surface area contributed by atoms with Crippen molar-refractivity contribution in [2.45, 2.75) is 6.61 Å². The summed E-state index contributed by atoms with van der Waals surface area (Å²) in [6.07, 6.45) is 0. The summed E-state index contributed by atoms with van der Waals surface area (Å²) in [6, 6.07) is 21.0. The van der Waals surface area contributed by atoms with Crippen molar-refractivity contribution in [3.8, 4) is 17.0 Å². The van der Waals surface area contributed by atoms with E-state index >= 15 is 0 Å². The van der Waals surface area contributed by atoms with E-state index in [0.717, 1.165) is 16.8 Å². The maximum atomic E-state index is 12.4. The number of aromatic nitrogens is 2. The number of pyridine rings is 2. The van der Waals surface area contributed by atoms with Crippen LogP contribution < -0.4 is 4.74 Å². The Morgan fingerprint density at radius 2 is 1.83 bits per heavy atom. The molecule has 5 nitrogen and oxygen atoms in total. The van der Waals surface area contributed by atoms with Crippen molar-refractivity contribution >= 4 is 51.1 Å². The summed E-state index contributed by atoms with van der Waals surface area (Å²) in [5, 5.41) is 1.33. The van der Waals surface area contributed by atoms with Gasteiger partial charge in [-0.15, -0.1) is 0 Å². The highest BCUT2D eigenvalue weighted by Crippen LogP contribution is 2.33. The van der Waals surface area contributed by atoms with Gasteiger partial charge in [-0.3, -0.25) is 0 Å². The zero-order valence-corrected chi connectivity index (χ0v) is 18.8.